The number of carboxylic acids is 1. The Morgan fingerprint density at radius 2 is 2.28 bits per heavy atom. The number of rotatable bonds is 3. The number of aromatic carboxylic acids is 1. The van der Waals surface area contributed by atoms with Gasteiger partial charge in [-0.05, 0) is 18.2 Å². The van der Waals surface area contributed by atoms with Gasteiger partial charge in [-0.25, -0.2) is 4.79 Å². The molecule has 1 heterocycles. The fourth-order valence-corrected chi connectivity index (χ4v) is 1.81. The van der Waals surface area contributed by atoms with Crippen LogP contribution in [0.2, 0.25) is 0 Å². The number of hydrogen-bond donors (Lipinski definition) is 1. The Bertz CT molecular complexity index is 485. The largest absolute Gasteiger partial charge is 0.495 e. The third-order valence-electron chi connectivity index (χ3n) is 2.70. The predicted octanol–water partition coefficient (Wildman–Crippen LogP) is 0.757. The van der Waals surface area contributed by atoms with Crippen molar-refractivity contribution >= 4 is 17.6 Å². The highest BCUT2D eigenvalue weighted by Gasteiger charge is 2.23. The van der Waals surface area contributed by atoms with Crippen LogP contribution in [0, 0.1) is 0 Å². The third kappa shape index (κ3) is 2.28. The van der Waals surface area contributed by atoms with Crippen LogP contribution in [0.5, 0.6) is 5.75 Å². The van der Waals surface area contributed by atoms with Gasteiger partial charge in [0.05, 0.1) is 25.0 Å². The van der Waals surface area contributed by atoms with Gasteiger partial charge in [-0.1, -0.05) is 0 Å². The molecule has 0 bridgehead atoms. The van der Waals surface area contributed by atoms with Crippen molar-refractivity contribution in [3.63, 3.8) is 0 Å². The Morgan fingerprint density at radius 1 is 1.50 bits per heavy atom. The molecule has 1 aromatic rings. The molecular formula is C12H13NO5. The van der Waals surface area contributed by atoms with Gasteiger partial charge < -0.3 is 19.5 Å². The van der Waals surface area contributed by atoms with Crippen molar-refractivity contribution in [2.45, 2.75) is 0 Å². The molecule has 1 saturated heterocycles. The standard InChI is InChI=1S/C12H13NO5/c1-17-10-6-8(12(15)16)2-3-9(10)13-4-5-18-7-11(13)14/h2-3,6H,4-5,7H2,1H3,(H,15,16). The molecule has 0 saturated carbocycles. The highest BCUT2D eigenvalue weighted by molar-refractivity contribution is 5.97. The van der Waals surface area contributed by atoms with Crippen molar-refractivity contribution in [1.29, 1.82) is 0 Å². The molecule has 0 aromatic heterocycles. The Balaban J connectivity index is 2.37. The monoisotopic (exact) mass is 251 g/mol. The number of carbonyl (C=O) groups excluding carboxylic acids is 1. The summed E-state index contributed by atoms with van der Waals surface area (Å²) in [6.07, 6.45) is 0. The first-order valence-corrected chi connectivity index (χ1v) is 5.43. The molecule has 6 heteroatoms. The average molecular weight is 251 g/mol. The first kappa shape index (κ1) is 12.4. The van der Waals surface area contributed by atoms with E-state index in [9.17, 15) is 9.59 Å². The lowest BCUT2D eigenvalue weighted by molar-refractivity contribution is -0.125. The summed E-state index contributed by atoms with van der Waals surface area (Å²) < 4.78 is 10.2. The number of amides is 1. The van der Waals surface area contributed by atoms with Crippen molar-refractivity contribution in [2.75, 3.05) is 31.8 Å². The molecule has 1 aliphatic heterocycles. The summed E-state index contributed by atoms with van der Waals surface area (Å²) in [7, 11) is 1.44. The molecule has 0 spiro atoms. The second-order valence-corrected chi connectivity index (χ2v) is 3.79. The van der Waals surface area contributed by atoms with E-state index in [1.807, 2.05) is 0 Å². The number of carbonyl (C=O) groups is 2. The summed E-state index contributed by atoms with van der Waals surface area (Å²) in [5, 5.41) is 8.90. The zero-order valence-corrected chi connectivity index (χ0v) is 9.88. The molecule has 1 aliphatic rings. The number of hydrogen-bond acceptors (Lipinski definition) is 4. The molecule has 0 atom stereocenters. The van der Waals surface area contributed by atoms with E-state index in [0.717, 1.165) is 0 Å². The zero-order valence-electron chi connectivity index (χ0n) is 9.88. The van der Waals surface area contributed by atoms with Gasteiger partial charge in [-0.3, -0.25) is 4.79 Å². The summed E-state index contributed by atoms with van der Waals surface area (Å²) in [5.74, 6) is -0.832. The van der Waals surface area contributed by atoms with Crippen LogP contribution in [0.4, 0.5) is 5.69 Å². The lowest BCUT2D eigenvalue weighted by Crippen LogP contribution is -2.41. The third-order valence-corrected chi connectivity index (χ3v) is 2.70. The topological polar surface area (TPSA) is 76.1 Å². The van der Waals surface area contributed by atoms with Crippen molar-refractivity contribution in [2.24, 2.45) is 0 Å². The van der Waals surface area contributed by atoms with E-state index >= 15 is 0 Å². The smallest absolute Gasteiger partial charge is 0.335 e. The normalized spacial score (nSPS) is 15.6. The van der Waals surface area contributed by atoms with E-state index in [1.54, 1.807) is 6.07 Å². The van der Waals surface area contributed by atoms with Gasteiger partial charge in [-0.2, -0.15) is 0 Å². The molecule has 1 aromatic carbocycles. The number of morpholine rings is 1. The van der Waals surface area contributed by atoms with Crippen LogP contribution in [0.3, 0.4) is 0 Å². The van der Waals surface area contributed by atoms with Crippen molar-refractivity contribution in [1.82, 2.24) is 0 Å². The minimum atomic E-state index is -1.03. The van der Waals surface area contributed by atoms with Gasteiger partial charge in [0.2, 0.25) is 0 Å². The second-order valence-electron chi connectivity index (χ2n) is 3.79. The van der Waals surface area contributed by atoms with E-state index in [1.165, 1.54) is 24.1 Å². The Hall–Kier alpha value is -2.08. The summed E-state index contributed by atoms with van der Waals surface area (Å²) in [6, 6.07) is 4.43. The maximum atomic E-state index is 11.7. The van der Waals surface area contributed by atoms with E-state index in [4.69, 9.17) is 14.6 Å². The SMILES string of the molecule is COc1cc(C(=O)O)ccc1N1CCOCC1=O. The molecular weight excluding hydrogens is 238 g/mol. The molecule has 1 fully saturated rings. The van der Waals surface area contributed by atoms with E-state index in [0.29, 0.717) is 24.6 Å². The van der Waals surface area contributed by atoms with Gasteiger partial charge in [0.1, 0.15) is 12.4 Å². The minimum Gasteiger partial charge on any atom is -0.495 e. The molecule has 0 aliphatic carbocycles. The van der Waals surface area contributed by atoms with Crippen LogP contribution in [0.15, 0.2) is 18.2 Å². The van der Waals surface area contributed by atoms with Crippen LogP contribution in [-0.4, -0.2) is 43.9 Å². The molecule has 6 nitrogen and oxygen atoms in total. The van der Waals surface area contributed by atoms with Crippen LogP contribution >= 0.6 is 0 Å². The highest BCUT2D eigenvalue weighted by Crippen LogP contribution is 2.30. The van der Waals surface area contributed by atoms with Gasteiger partial charge in [0.25, 0.3) is 5.91 Å². The first-order valence-electron chi connectivity index (χ1n) is 5.43. The molecule has 18 heavy (non-hydrogen) atoms. The Kier molecular flexibility index (Phi) is 3.47. The summed E-state index contributed by atoms with van der Waals surface area (Å²) in [6.45, 7) is 0.918. The number of anilines is 1. The van der Waals surface area contributed by atoms with Crippen LogP contribution in [-0.2, 0) is 9.53 Å². The summed E-state index contributed by atoms with van der Waals surface area (Å²) in [4.78, 5) is 24.1. The zero-order chi connectivity index (χ0) is 13.1. The molecule has 0 unspecified atom stereocenters. The van der Waals surface area contributed by atoms with Crippen molar-refractivity contribution in [3.8, 4) is 5.75 Å². The molecule has 1 amide bonds. The Morgan fingerprint density at radius 3 is 2.89 bits per heavy atom. The summed E-state index contributed by atoms with van der Waals surface area (Å²) in [5.41, 5.74) is 0.687. The molecule has 1 N–H and O–H groups in total. The van der Waals surface area contributed by atoms with Crippen LogP contribution in [0.25, 0.3) is 0 Å². The van der Waals surface area contributed by atoms with E-state index in [-0.39, 0.29) is 18.1 Å². The van der Waals surface area contributed by atoms with Gasteiger partial charge >= 0.3 is 5.97 Å². The fraction of sp³-hybridized carbons (Fsp3) is 0.333. The fourth-order valence-electron chi connectivity index (χ4n) is 1.81. The number of benzene rings is 1. The number of ether oxygens (including phenoxy) is 2. The number of nitrogens with zero attached hydrogens (tertiary/aromatic N) is 1. The van der Waals surface area contributed by atoms with Crippen molar-refractivity contribution < 1.29 is 24.2 Å². The van der Waals surface area contributed by atoms with Gasteiger partial charge in [0.15, 0.2) is 0 Å². The molecule has 2 rings (SSSR count). The lowest BCUT2D eigenvalue weighted by atomic mass is 10.1. The second kappa shape index (κ2) is 5.05. The number of methoxy groups -OCH3 is 1. The lowest BCUT2D eigenvalue weighted by Gasteiger charge is -2.28. The van der Waals surface area contributed by atoms with E-state index < -0.39 is 5.97 Å². The maximum absolute atomic E-state index is 11.7. The minimum absolute atomic E-state index is 0.0316. The quantitative estimate of drug-likeness (QED) is 0.858. The van der Waals surface area contributed by atoms with Crippen molar-refractivity contribution in [3.05, 3.63) is 23.8 Å². The van der Waals surface area contributed by atoms with Crippen LogP contribution < -0.4 is 9.64 Å². The van der Waals surface area contributed by atoms with Gasteiger partial charge in [0, 0.05) is 6.54 Å². The van der Waals surface area contributed by atoms with Crippen LogP contribution in [0.1, 0.15) is 10.4 Å². The van der Waals surface area contributed by atoms with Gasteiger partial charge in [-0.15, -0.1) is 0 Å². The molecule has 0 radical (unpaired) electrons. The maximum Gasteiger partial charge on any atom is 0.335 e. The first-order chi connectivity index (χ1) is 8.63. The highest BCUT2D eigenvalue weighted by atomic mass is 16.5. The molecule has 96 valence electrons. The average Bonchev–Trinajstić information content (AvgIpc) is 2.38. The Labute approximate surface area is 104 Å². The number of carboxylic acid groups (broad SMARTS) is 1. The van der Waals surface area contributed by atoms with E-state index in [2.05, 4.69) is 0 Å². The predicted molar refractivity (Wildman–Crippen MR) is 63.1 cm³/mol. The summed E-state index contributed by atoms with van der Waals surface area (Å²) >= 11 is 0.